The van der Waals surface area contributed by atoms with Crippen LogP contribution < -0.4 is 11.5 Å². The zero-order chi connectivity index (χ0) is 8.97. The van der Waals surface area contributed by atoms with Crippen molar-refractivity contribution in [3.05, 3.63) is 35.9 Å². The van der Waals surface area contributed by atoms with Gasteiger partial charge in [-0.15, -0.1) is 0 Å². The van der Waals surface area contributed by atoms with Crippen molar-refractivity contribution in [1.29, 1.82) is 0 Å². The fourth-order valence-electron chi connectivity index (χ4n) is 0.841. The highest BCUT2D eigenvalue weighted by molar-refractivity contribution is 5.90. The Morgan fingerprint density at radius 1 is 1.42 bits per heavy atom. The van der Waals surface area contributed by atoms with Gasteiger partial charge < -0.3 is 11.5 Å². The molecule has 0 aliphatic heterocycles. The first kappa shape index (κ1) is 8.33. The van der Waals surface area contributed by atoms with E-state index in [4.69, 9.17) is 11.5 Å². The molecular weight excluding hydrogens is 152 g/mol. The average Bonchev–Trinajstić information content (AvgIpc) is 2.01. The smallest absolute Gasteiger partial charge is 0.241 e. The Bertz CT molecular complexity index is 318. The quantitative estimate of drug-likeness (QED) is 0.498. The van der Waals surface area contributed by atoms with E-state index in [-0.39, 0.29) is 0 Å². The summed E-state index contributed by atoms with van der Waals surface area (Å²) in [7, 11) is 0. The van der Waals surface area contributed by atoms with Gasteiger partial charge >= 0.3 is 0 Å². The summed E-state index contributed by atoms with van der Waals surface area (Å²) in [6, 6.07) is 7.20. The minimum Gasteiger partial charge on any atom is -0.399 e. The minimum atomic E-state index is -0.461. The zero-order valence-electron chi connectivity index (χ0n) is 6.53. The summed E-state index contributed by atoms with van der Waals surface area (Å²) in [5.41, 5.74) is 12.0. The van der Waals surface area contributed by atoms with E-state index in [1.54, 1.807) is 18.2 Å². The maximum atomic E-state index is 10.4. The molecule has 0 atom stereocenters. The first-order valence-electron chi connectivity index (χ1n) is 3.51. The van der Waals surface area contributed by atoms with Crippen molar-refractivity contribution in [2.75, 3.05) is 5.73 Å². The first-order valence-corrected chi connectivity index (χ1v) is 3.51. The summed E-state index contributed by atoms with van der Waals surface area (Å²) in [5.74, 6) is -0.461. The molecule has 1 aromatic carbocycles. The molecule has 1 rings (SSSR count). The van der Waals surface area contributed by atoms with Crippen molar-refractivity contribution in [2.24, 2.45) is 5.73 Å². The Morgan fingerprint density at radius 2 is 2.17 bits per heavy atom. The number of hydrogen-bond donors (Lipinski definition) is 2. The minimum absolute atomic E-state index is 0.461. The van der Waals surface area contributed by atoms with E-state index in [1.165, 1.54) is 6.08 Å². The molecule has 4 N–H and O–H groups in total. The molecule has 1 amide bonds. The van der Waals surface area contributed by atoms with E-state index in [9.17, 15) is 4.79 Å². The number of anilines is 1. The van der Waals surface area contributed by atoms with Crippen LogP contribution in [0, 0.1) is 0 Å². The van der Waals surface area contributed by atoms with Crippen LogP contribution in [0.4, 0.5) is 5.69 Å². The van der Waals surface area contributed by atoms with Crippen LogP contribution in [0.5, 0.6) is 0 Å². The van der Waals surface area contributed by atoms with Crippen LogP contribution in [0.25, 0.3) is 6.08 Å². The molecule has 12 heavy (non-hydrogen) atoms. The van der Waals surface area contributed by atoms with E-state index in [0.29, 0.717) is 5.69 Å². The molecule has 3 heteroatoms. The predicted octanol–water partition coefficient (Wildman–Crippen LogP) is 0.767. The molecule has 0 aliphatic carbocycles. The zero-order valence-corrected chi connectivity index (χ0v) is 6.53. The van der Waals surface area contributed by atoms with Gasteiger partial charge in [0.25, 0.3) is 0 Å². The van der Waals surface area contributed by atoms with Crippen molar-refractivity contribution in [1.82, 2.24) is 0 Å². The molecule has 3 nitrogen and oxygen atoms in total. The summed E-state index contributed by atoms with van der Waals surface area (Å²) in [5, 5.41) is 0. The number of hydrogen-bond acceptors (Lipinski definition) is 2. The van der Waals surface area contributed by atoms with Gasteiger partial charge in [0.15, 0.2) is 0 Å². The summed E-state index contributed by atoms with van der Waals surface area (Å²) in [6.07, 6.45) is 2.92. The third-order valence-corrected chi connectivity index (χ3v) is 1.35. The monoisotopic (exact) mass is 162 g/mol. The fourth-order valence-corrected chi connectivity index (χ4v) is 0.841. The molecule has 0 aliphatic rings. The van der Waals surface area contributed by atoms with Gasteiger partial charge in [0.2, 0.25) is 5.91 Å². The lowest BCUT2D eigenvalue weighted by Gasteiger charge is -1.93. The Kier molecular flexibility index (Phi) is 2.48. The number of rotatable bonds is 2. The van der Waals surface area contributed by atoms with Crippen molar-refractivity contribution in [2.45, 2.75) is 0 Å². The molecule has 1 aromatic rings. The largest absolute Gasteiger partial charge is 0.399 e. The summed E-state index contributed by atoms with van der Waals surface area (Å²) in [4.78, 5) is 10.4. The summed E-state index contributed by atoms with van der Waals surface area (Å²) < 4.78 is 0. The van der Waals surface area contributed by atoms with Gasteiger partial charge in [0, 0.05) is 11.8 Å². The topological polar surface area (TPSA) is 69.1 Å². The van der Waals surface area contributed by atoms with Gasteiger partial charge in [0.05, 0.1) is 0 Å². The molecule has 0 spiro atoms. The van der Waals surface area contributed by atoms with Crippen molar-refractivity contribution < 1.29 is 4.79 Å². The Balaban J connectivity index is 2.83. The fraction of sp³-hybridized carbons (Fsp3) is 0. The van der Waals surface area contributed by atoms with Crippen LogP contribution in [-0.4, -0.2) is 5.91 Å². The summed E-state index contributed by atoms with van der Waals surface area (Å²) in [6.45, 7) is 0. The second-order valence-electron chi connectivity index (χ2n) is 2.41. The van der Waals surface area contributed by atoms with Crippen molar-refractivity contribution in [3.8, 4) is 0 Å². The molecule has 0 saturated heterocycles. The molecule has 0 radical (unpaired) electrons. The number of carbonyl (C=O) groups excluding carboxylic acids is 1. The SMILES string of the molecule is NC(=O)/C=C/c1cccc(N)c1. The number of nitrogen functional groups attached to an aromatic ring is 1. The highest BCUT2D eigenvalue weighted by atomic mass is 16.1. The molecule has 0 saturated carbocycles. The number of benzene rings is 1. The highest BCUT2D eigenvalue weighted by Gasteiger charge is 1.88. The predicted molar refractivity (Wildman–Crippen MR) is 49.1 cm³/mol. The molecule has 0 fully saturated rings. The molecule has 0 aromatic heterocycles. The molecular formula is C9H10N2O. The van der Waals surface area contributed by atoms with Crippen LogP contribution in [0.1, 0.15) is 5.56 Å². The highest BCUT2D eigenvalue weighted by Crippen LogP contribution is 2.07. The van der Waals surface area contributed by atoms with E-state index >= 15 is 0 Å². The second kappa shape index (κ2) is 3.57. The number of amides is 1. The standard InChI is InChI=1S/C9H10N2O/c10-8-3-1-2-7(6-8)4-5-9(11)12/h1-6H,10H2,(H2,11,12)/b5-4+. The van der Waals surface area contributed by atoms with Crippen LogP contribution in [-0.2, 0) is 4.79 Å². The maximum absolute atomic E-state index is 10.4. The number of carbonyl (C=O) groups is 1. The van der Waals surface area contributed by atoms with Gasteiger partial charge in [-0.2, -0.15) is 0 Å². The van der Waals surface area contributed by atoms with Crippen LogP contribution >= 0.6 is 0 Å². The third-order valence-electron chi connectivity index (χ3n) is 1.35. The number of nitrogens with two attached hydrogens (primary N) is 2. The van der Waals surface area contributed by atoms with Crippen LogP contribution in [0.3, 0.4) is 0 Å². The van der Waals surface area contributed by atoms with Crippen LogP contribution in [0.2, 0.25) is 0 Å². The van der Waals surface area contributed by atoms with E-state index in [0.717, 1.165) is 5.56 Å². The van der Waals surface area contributed by atoms with Gasteiger partial charge in [-0.3, -0.25) is 4.79 Å². The third kappa shape index (κ3) is 2.46. The van der Waals surface area contributed by atoms with Crippen molar-refractivity contribution >= 4 is 17.7 Å². The van der Waals surface area contributed by atoms with E-state index in [1.807, 2.05) is 12.1 Å². The Hall–Kier alpha value is -1.77. The maximum Gasteiger partial charge on any atom is 0.241 e. The normalized spacial score (nSPS) is 10.3. The molecule has 0 unspecified atom stereocenters. The van der Waals surface area contributed by atoms with Crippen LogP contribution in [0.15, 0.2) is 30.3 Å². The molecule has 0 heterocycles. The van der Waals surface area contributed by atoms with Gasteiger partial charge in [-0.1, -0.05) is 12.1 Å². The van der Waals surface area contributed by atoms with Gasteiger partial charge in [0.1, 0.15) is 0 Å². The average molecular weight is 162 g/mol. The van der Waals surface area contributed by atoms with E-state index in [2.05, 4.69) is 0 Å². The lowest BCUT2D eigenvalue weighted by Crippen LogP contribution is -2.05. The molecule has 0 bridgehead atoms. The van der Waals surface area contributed by atoms with Gasteiger partial charge in [-0.05, 0) is 23.8 Å². The first-order chi connectivity index (χ1) is 5.68. The van der Waals surface area contributed by atoms with Gasteiger partial charge in [-0.25, -0.2) is 0 Å². The van der Waals surface area contributed by atoms with E-state index < -0.39 is 5.91 Å². The number of primary amides is 1. The molecule has 62 valence electrons. The van der Waals surface area contributed by atoms with Crippen molar-refractivity contribution in [3.63, 3.8) is 0 Å². The lowest BCUT2D eigenvalue weighted by atomic mass is 10.2. The Labute approximate surface area is 70.7 Å². The lowest BCUT2D eigenvalue weighted by molar-refractivity contribution is -0.113. The second-order valence-corrected chi connectivity index (χ2v) is 2.41. The summed E-state index contributed by atoms with van der Waals surface area (Å²) >= 11 is 0. The Morgan fingerprint density at radius 3 is 2.75 bits per heavy atom.